The summed E-state index contributed by atoms with van der Waals surface area (Å²) in [5, 5.41) is 0. The van der Waals surface area contributed by atoms with Crippen molar-refractivity contribution in [1.82, 2.24) is 9.97 Å². The molecule has 0 spiro atoms. The van der Waals surface area contributed by atoms with Crippen molar-refractivity contribution in [2.24, 2.45) is 5.73 Å². The first-order chi connectivity index (χ1) is 9.73. The standard InChI is InChI=1S/C14H24N4OS/c1-3-10-19-12-4-7-16-13(17-12)18-8-5-14(11-15,20-2)6-9-18/h4,7H,3,5-6,8-11,15H2,1-2H3. The Labute approximate surface area is 125 Å². The molecule has 20 heavy (non-hydrogen) atoms. The van der Waals surface area contributed by atoms with E-state index in [4.69, 9.17) is 10.5 Å². The van der Waals surface area contributed by atoms with Gasteiger partial charge in [-0.1, -0.05) is 6.92 Å². The average molecular weight is 296 g/mol. The molecule has 0 aromatic carbocycles. The third kappa shape index (κ3) is 3.55. The first kappa shape index (κ1) is 15.4. The third-order valence-electron chi connectivity index (χ3n) is 3.83. The smallest absolute Gasteiger partial charge is 0.228 e. The predicted molar refractivity (Wildman–Crippen MR) is 84.6 cm³/mol. The molecule has 1 aliphatic heterocycles. The zero-order chi connectivity index (χ0) is 14.4. The molecule has 2 N–H and O–H groups in total. The molecular formula is C14H24N4OS. The third-order valence-corrected chi connectivity index (χ3v) is 5.27. The van der Waals surface area contributed by atoms with Gasteiger partial charge in [-0.05, 0) is 25.5 Å². The molecule has 1 aliphatic rings. The van der Waals surface area contributed by atoms with Crippen LogP contribution in [0.5, 0.6) is 5.88 Å². The van der Waals surface area contributed by atoms with Gasteiger partial charge < -0.3 is 15.4 Å². The maximum atomic E-state index is 5.92. The van der Waals surface area contributed by atoms with E-state index in [9.17, 15) is 0 Å². The van der Waals surface area contributed by atoms with Gasteiger partial charge in [0.15, 0.2) is 0 Å². The van der Waals surface area contributed by atoms with Crippen molar-refractivity contribution in [1.29, 1.82) is 0 Å². The van der Waals surface area contributed by atoms with Gasteiger partial charge in [0.05, 0.1) is 6.61 Å². The van der Waals surface area contributed by atoms with Gasteiger partial charge in [0.2, 0.25) is 11.8 Å². The summed E-state index contributed by atoms with van der Waals surface area (Å²) in [5.41, 5.74) is 5.92. The summed E-state index contributed by atoms with van der Waals surface area (Å²) in [5.74, 6) is 1.43. The molecule has 6 heteroatoms. The first-order valence-electron chi connectivity index (χ1n) is 7.19. The minimum absolute atomic E-state index is 0.229. The van der Waals surface area contributed by atoms with E-state index in [0.29, 0.717) is 12.5 Å². The maximum Gasteiger partial charge on any atom is 0.228 e. The van der Waals surface area contributed by atoms with Crippen molar-refractivity contribution in [2.45, 2.75) is 30.9 Å². The second-order valence-electron chi connectivity index (χ2n) is 5.12. The number of ether oxygens (including phenoxy) is 1. The van der Waals surface area contributed by atoms with Gasteiger partial charge >= 0.3 is 0 Å². The van der Waals surface area contributed by atoms with Crippen LogP contribution in [0.4, 0.5) is 5.95 Å². The number of anilines is 1. The molecule has 112 valence electrons. The van der Waals surface area contributed by atoms with Crippen molar-refractivity contribution in [3.8, 4) is 5.88 Å². The molecule has 0 amide bonds. The van der Waals surface area contributed by atoms with Crippen LogP contribution in [0.2, 0.25) is 0 Å². The highest BCUT2D eigenvalue weighted by molar-refractivity contribution is 8.00. The second kappa shape index (κ2) is 7.13. The summed E-state index contributed by atoms with van der Waals surface area (Å²) in [6.07, 6.45) is 7.06. The van der Waals surface area contributed by atoms with Crippen LogP contribution in [0.1, 0.15) is 26.2 Å². The summed E-state index contributed by atoms with van der Waals surface area (Å²) in [4.78, 5) is 11.1. The van der Waals surface area contributed by atoms with Gasteiger partial charge in [-0.3, -0.25) is 0 Å². The molecule has 1 saturated heterocycles. The monoisotopic (exact) mass is 296 g/mol. The number of nitrogens with two attached hydrogens (primary N) is 1. The Hall–Kier alpha value is -1.01. The summed E-state index contributed by atoms with van der Waals surface area (Å²) in [6.45, 7) is 5.42. The molecule has 0 atom stereocenters. The first-order valence-corrected chi connectivity index (χ1v) is 8.41. The fourth-order valence-electron chi connectivity index (χ4n) is 2.38. The molecule has 0 aliphatic carbocycles. The largest absolute Gasteiger partial charge is 0.478 e. The number of nitrogens with zero attached hydrogens (tertiary/aromatic N) is 3. The van der Waals surface area contributed by atoms with Crippen molar-refractivity contribution in [3.63, 3.8) is 0 Å². The summed E-state index contributed by atoms with van der Waals surface area (Å²) < 4.78 is 5.80. The van der Waals surface area contributed by atoms with Crippen molar-refractivity contribution < 1.29 is 4.74 Å². The molecule has 0 saturated carbocycles. The highest BCUT2D eigenvalue weighted by Crippen LogP contribution is 2.34. The summed E-state index contributed by atoms with van der Waals surface area (Å²) in [7, 11) is 0. The Morgan fingerprint density at radius 1 is 1.45 bits per heavy atom. The number of piperidine rings is 1. The molecule has 2 rings (SSSR count). The Kier molecular flexibility index (Phi) is 5.48. The van der Waals surface area contributed by atoms with Crippen LogP contribution in [0.25, 0.3) is 0 Å². The van der Waals surface area contributed by atoms with E-state index >= 15 is 0 Å². The van der Waals surface area contributed by atoms with Crippen LogP contribution in [0.15, 0.2) is 12.3 Å². The molecule has 2 heterocycles. The van der Waals surface area contributed by atoms with Crippen LogP contribution in [0, 0.1) is 0 Å². The molecule has 1 fully saturated rings. The molecular weight excluding hydrogens is 272 g/mol. The molecule has 0 unspecified atom stereocenters. The van der Waals surface area contributed by atoms with Crippen molar-refractivity contribution >= 4 is 17.7 Å². The molecule has 0 radical (unpaired) electrons. The van der Waals surface area contributed by atoms with Gasteiger partial charge in [0.1, 0.15) is 0 Å². The van der Waals surface area contributed by atoms with E-state index < -0.39 is 0 Å². The topological polar surface area (TPSA) is 64.3 Å². The summed E-state index contributed by atoms with van der Waals surface area (Å²) >= 11 is 1.89. The van der Waals surface area contributed by atoms with Gasteiger partial charge in [-0.2, -0.15) is 16.7 Å². The number of aromatic nitrogens is 2. The zero-order valence-corrected chi connectivity index (χ0v) is 13.2. The molecule has 1 aromatic rings. The Morgan fingerprint density at radius 2 is 2.20 bits per heavy atom. The zero-order valence-electron chi connectivity index (χ0n) is 12.3. The van der Waals surface area contributed by atoms with E-state index in [2.05, 4.69) is 28.0 Å². The van der Waals surface area contributed by atoms with E-state index in [1.54, 1.807) is 6.20 Å². The van der Waals surface area contributed by atoms with Gasteiger partial charge in [-0.15, -0.1) is 0 Å². The molecule has 5 nitrogen and oxygen atoms in total. The summed E-state index contributed by atoms with van der Waals surface area (Å²) in [6, 6.07) is 1.81. The van der Waals surface area contributed by atoms with Crippen LogP contribution in [0.3, 0.4) is 0 Å². The van der Waals surface area contributed by atoms with E-state index in [1.807, 2.05) is 17.8 Å². The lowest BCUT2D eigenvalue weighted by atomic mass is 9.96. The Balaban J connectivity index is 1.99. The normalized spacial score (nSPS) is 18.1. The minimum Gasteiger partial charge on any atom is -0.478 e. The number of hydrogen-bond donors (Lipinski definition) is 1. The lowest BCUT2D eigenvalue weighted by molar-refractivity contribution is 0.304. The fraction of sp³-hybridized carbons (Fsp3) is 0.714. The highest BCUT2D eigenvalue weighted by Gasteiger charge is 2.33. The Bertz CT molecular complexity index is 415. The van der Waals surface area contributed by atoms with E-state index in [0.717, 1.165) is 44.8 Å². The van der Waals surface area contributed by atoms with E-state index in [-0.39, 0.29) is 4.75 Å². The van der Waals surface area contributed by atoms with Crippen LogP contribution in [-0.4, -0.2) is 47.2 Å². The van der Waals surface area contributed by atoms with Crippen LogP contribution >= 0.6 is 11.8 Å². The van der Waals surface area contributed by atoms with Crippen LogP contribution < -0.4 is 15.4 Å². The second-order valence-corrected chi connectivity index (χ2v) is 6.40. The van der Waals surface area contributed by atoms with Gasteiger partial charge in [0.25, 0.3) is 0 Å². The number of hydrogen-bond acceptors (Lipinski definition) is 6. The number of rotatable bonds is 6. The highest BCUT2D eigenvalue weighted by atomic mass is 32.2. The van der Waals surface area contributed by atoms with Gasteiger partial charge in [-0.25, -0.2) is 4.98 Å². The predicted octanol–water partition coefficient (Wildman–Crippen LogP) is 1.93. The fourth-order valence-corrected chi connectivity index (χ4v) is 3.14. The lowest BCUT2D eigenvalue weighted by Crippen LogP contribution is -2.47. The van der Waals surface area contributed by atoms with Crippen molar-refractivity contribution in [2.75, 3.05) is 37.4 Å². The van der Waals surface area contributed by atoms with Crippen molar-refractivity contribution in [3.05, 3.63) is 12.3 Å². The average Bonchev–Trinajstić information content (AvgIpc) is 2.53. The molecule has 1 aromatic heterocycles. The maximum absolute atomic E-state index is 5.92. The van der Waals surface area contributed by atoms with Crippen LogP contribution in [-0.2, 0) is 0 Å². The SMILES string of the molecule is CCCOc1ccnc(N2CCC(CN)(SC)CC2)n1. The lowest BCUT2D eigenvalue weighted by Gasteiger charge is -2.40. The van der Waals surface area contributed by atoms with Gasteiger partial charge in [0, 0.05) is 36.6 Å². The minimum atomic E-state index is 0.229. The molecule has 0 bridgehead atoms. The number of thioether (sulfide) groups is 1. The Morgan fingerprint density at radius 3 is 2.80 bits per heavy atom. The quantitative estimate of drug-likeness (QED) is 0.865. The van der Waals surface area contributed by atoms with E-state index in [1.165, 1.54) is 0 Å².